The minimum atomic E-state index is -4.98. The zero-order valence-corrected chi connectivity index (χ0v) is 23.1. The number of hydrogen-bond donors (Lipinski definition) is 1. The van der Waals surface area contributed by atoms with Crippen molar-refractivity contribution in [1.29, 1.82) is 0 Å². The predicted octanol–water partition coefficient (Wildman–Crippen LogP) is 6.56. The van der Waals surface area contributed by atoms with Crippen LogP contribution >= 0.6 is 0 Å². The van der Waals surface area contributed by atoms with Crippen molar-refractivity contribution in [2.45, 2.75) is 63.0 Å². The first kappa shape index (κ1) is 31.2. The molecule has 5 nitrogen and oxygen atoms in total. The van der Waals surface area contributed by atoms with Gasteiger partial charge in [-0.2, -0.15) is 26.3 Å². The van der Waals surface area contributed by atoms with Crippen LogP contribution in [0.5, 0.6) is 0 Å². The maximum atomic E-state index is 13.8. The summed E-state index contributed by atoms with van der Waals surface area (Å²) in [6, 6.07) is 7.23. The first-order valence-electron chi connectivity index (χ1n) is 14.1. The highest BCUT2D eigenvalue weighted by atomic mass is 19.4. The zero-order chi connectivity index (χ0) is 30.3. The Morgan fingerprint density at radius 1 is 1.00 bits per heavy atom. The first-order valence-corrected chi connectivity index (χ1v) is 14.1. The van der Waals surface area contributed by atoms with Gasteiger partial charge < -0.3 is 24.2 Å². The Morgan fingerprint density at radius 3 is 2.17 bits per heavy atom. The second-order valence-electron chi connectivity index (χ2n) is 11.7. The molecule has 0 amide bonds. The van der Waals surface area contributed by atoms with Crippen LogP contribution in [0.1, 0.15) is 60.5 Å². The number of alkyl halides is 6. The molecule has 0 aromatic heterocycles. The molecule has 3 aliphatic heterocycles. The lowest BCUT2D eigenvalue weighted by Crippen LogP contribution is -2.49. The molecule has 1 spiro atoms. The van der Waals surface area contributed by atoms with Gasteiger partial charge in [0.2, 0.25) is 0 Å². The highest BCUT2D eigenvalue weighted by molar-refractivity contribution is 5.35. The Balaban J connectivity index is 1.37. The molecule has 2 aromatic rings. The zero-order valence-electron chi connectivity index (χ0n) is 23.1. The van der Waals surface area contributed by atoms with E-state index in [-0.39, 0.29) is 29.6 Å². The molecular weight excluding hydrogens is 571 g/mol. The van der Waals surface area contributed by atoms with Gasteiger partial charge in [0.05, 0.1) is 43.2 Å². The predicted molar refractivity (Wildman–Crippen MR) is 138 cm³/mol. The van der Waals surface area contributed by atoms with Crippen LogP contribution in [-0.2, 0) is 26.6 Å². The SMILES string of the molecule is C[C@@H](O[C@H]1OCC[C@H](CN2CCC3(CC2)COC[C@@H]3O)[C@H]1c1ccc(F)cc1)c1cc(C(F)(F)F)cc(C(F)(F)F)c1. The van der Waals surface area contributed by atoms with Crippen LogP contribution in [0, 0.1) is 17.2 Å². The third kappa shape index (κ3) is 6.77. The average Bonchev–Trinajstić information content (AvgIpc) is 3.28. The number of halogens is 7. The van der Waals surface area contributed by atoms with Crippen molar-refractivity contribution in [1.82, 2.24) is 4.90 Å². The van der Waals surface area contributed by atoms with E-state index >= 15 is 0 Å². The van der Waals surface area contributed by atoms with Gasteiger partial charge in [-0.3, -0.25) is 0 Å². The summed E-state index contributed by atoms with van der Waals surface area (Å²) in [6.45, 7) is 4.63. The normalized spacial score (nSPS) is 27.8. The fourth-order valence-electron chi connectivity index (χ4n) is 6.41. The number of hydrogen-bond acceptors (Lipinski definition) is 5. The Morgan fingerprint density at radius 2 is 1.62 bits per heavy atom. The molecule has 12 heteroatoms. The number of ether oxygens (including phenoxy) is 3. The summed E-state index contributed by atoms with van der Waals surface area (Å²) < 4.78 is 112. The van der Waals surface area contributed by atoms with E-state index in [1.807, 2.05) is 0 Å². The number of piperidine rings is 1. The van der Waals surface area contributed by atoms with Crippen LogP contribution in [0.2, 0.25) is 0 Å². The third-order valence-corrected chi connectivity index (χ3v) is 8.96. The summed E-state index contributed by atoms with van der Waals surface area (Å²) in [4.78, 5) is 2.28. The van der Waals surface area contributed by atoms with E-state index in [1.165, 1.54) is 19.1 Å². The van der Waals surface area contributed by atoms with Gasteiger partial charge in [-0.1, -0.05) is 12.1 Å². The van der Waals surface area contributed by atoms with Crippen LogP contribution in [-0.4, -0.2) is 61.9 Å². The number of likely N-dealkylation sites (tertiary alicyclic amines) is 1. The van der Waals surface area contributed by atoms with Gasteiger partial charge in [0.15, 0.2) is 6.29 Å². The smallest absolute Gasteiger partial charge is 0.390 e. The molecule has 3 heterocycles. The van der Waals surface area contributed by atoms with E-state index in [9.17, 15) is 35.8 Å². The van der Waals surface area contributed by atoms with Gasteiger partial charge in [-0.15, -0.1) is 0 Å². The number of aliphatic hydroxyl groups excluding tert-OH is 1. The Labute approximate surface area is 239 Å². The molecule has 0 saturated carbocycles. The fraction of sp³-hybridized carbons (Fsp3) is 0.600. The van der Waals surface area contributed by atoms with Crippen molar-refractivity contribution in [3.05, 3.63) is 70.5 Å². The second-order valence-corrected chi connectivity index (χ2v) is 11.7. The van der Waals surface area contributed by atoms with Crippen molar-refractivity contribution >= 4 is 0 Å². The molecule has 3 aliphatic rings. The van der Waals surface area contributed by atoms with Crippen LogP contribution < -0.4 is 0 Å². The standard InChI is InChI=1S/C30H34F7NO4/c1-18(21-12-22(29(32,33)34)14-23(13-21)30(35,36)37)42-27-26(19-2-4-24(31)5-3-19)20(6-11-41-27)15-38-9-7-28(8-10-38)17-40-16-25(28)39/h2-5,12-14,18,20,25-27,39H,6-11,15-17H2,1H3/t18-,20-,25+,26-,27-/m1/s1. The molecule has 0 unspecified atom stereocenters. The summed E-state index contributed by atoms with van der Waals surface area (Å²) >= 11 is 0. The van der Waals surface area contributed by atoms with Gasteiger partial charge in [0.1, 0.15) is 5.82 Å². The minimum Gasteiger partial charge on any atom is -0.390 e. The highest BCUT2D eigenvalue weighted by Gasteiger charge is 2.46. The van der Waals surface area contributed by atoms with Gasteiger partial charge in [0, 0.05) is 17.9 Å². The number of benzene rings is 2. The van der Waals surface area contributed by atoms with Gasteiger partial charge in [-0.25, -0.2) is 4.39 Å². The number of rotatable bonds is 6. The molecule has 2 aromatic carbocycles. The van der Waals surface area contributed by atoms with Gasteiger partial charge in [0.25, 0.3) is 0 Å². The first-order chi connectivity index (χ1) is 19.7. The summed E-state index contributed by atoms with van der Waals surface area (Å²) in [6.07, 6.45) is -10.4. The number of aliphatic hydroxyl groups is 1. The Bertz CT molecular complexity index is 1180. The molecule has 3 fully saturated rings. The van der Waals surface area contributed by atoms with E-state index in [1.54, 1.807) is 12.1 Å². The largest absolute Gasteiger partial charge is 0.416 e. The van der Waals surface area contributed by atoms with E-state index in [0.717, 1.165) is 25.9 Å². The van der Waals surface area contributed by atoms with Crippen molar-refractivity contribution < 1.29 is 50.1 Å². The number of nitrogens with zero attached hydrogens (tertiary/aromatic N) is 1. The maximum absolute atomic E-state index is 13.8. The summed E-state index contributed by atoms with van der Waals surface area (Å²) in [5.41, 5.74) is -2.66. The molecular formula is C30H34F7NO4. The molecule has 232 valence electrons. The topological polar surface area (TPSA) is 51.2 Å². The summed E-state index contributed by atoms with van der Waals surface area (Å²) in [5, 5.41) is 10.4. The Hall–Kier alpha value is -2.25. The molecule has 0 radical (unpaired) electrons. The van der Waals surface area contributed by atoms with Crippen LogP contribution in [0.15, 0.2) is 42.5 Å². The molecule has 5 rings (SSSR count). The monoisotopic (exact) mass is 605 g/mol. The van der Waals surface area contributed by atoms with Gasteiger partial charge >= 0.3 is 12.4 Å². The summed E-state index contributed by atoms with van der Waals surface area (Å²) in [7, 11) is 0. The third-order valence-electron chi connectivity index (χ3n) is 8.96. The fourth-order valence-corrected chi connectivity index (χ4v) is 6.41. The van der Waals surface area contributed by atoms with E-state index in [2.05, 4.69) is 4.90 Å². The molecule has 3 saturated heterocycles. The van der Waals surface area contributed by atoms with Crippen LogP contribution in [0.4, 0.5) is 30.7 Å². The van der Waals surface area contributed by atoms with E-state index in [0.29, 0.717) is 43.9 Å². The molecule has 1 N–H and O–H groups in total. The maximum Gasteiger partial charge on any atom is 0.416 e. The Kier molecular flexibility index (Phi) is 8.93. The van der Waals surface area contributed by atoms with Crippen molar-refractivity contribution in [3.8, 4) is 0 Å². The lowest BCUT2D eigenvalue weighted by atomic mass is 9.75. The second kappa shape index (κ2) is 12.0. The minimum absolute atomic E-state index is 0.0486. The van der Waals surface area contributed by atoms with Crippen molar-refractivity contribution in [3.63, 3.8) is 0 Å². The van der Waals surface area contributed by atoms with Crippen molar-refractivity contribution in [2.24, 2.45) is 11.3 Å². The lowest BCUT2D eigenvalue weighted by Gasteiger charge is -2.44. The van der Waals surface area contributed by atoms with E-state index in [4.69, 9.17) is 14.2 Å². The molecule has 42 heavy (non-hydrogen) atoms. The van der Waals surface area contributed by atoms with E-state index < -0.39 is 53.7 Å². The molecule has 5 atom stereocenters. The van der Waals surface area contributed by atoms with Crippen LogP contribution in [0.25, 0.3) is 0 Å². The quantitative estimate of drug-likeness (QED) is 0.378. The summed E-state index contributed by atoms with van der Waals surface area (Å²) in [5.74, 6) is -0.946. The molecule has 0 bridgehead atoms. The lowest BCUT2D eigenvalue weighted by molar-refractivity contribution is -0.210. The van der Waals surface area contributed by atoms with Crippen molar-refractivity contribution in [2.75, 3.05) is 39.5 Å². The van der Waals surface area contributed by atoms with Gasteiger partial charge in [-0.05, 0) is 86.7 Å². The highest BCUT2D eigenvalue weighted by Crippen LogP contribution is 2.44. The average molecular weight is 606 g/mol. The van der Waals surface area contributed by atoms with Crippen LogP contribution in [0.3, 0.4) is 0 Å². The molecule has 0 aliphatic carbocycles.